The fourth-order valence-electron chi connectivity index (χ4n) is 3.69. The zero-order chi connectivity index (χ0) is 22.9. The quantitative estimate of drug-likeness (QED) is 0.309. The number of alkyl halides is 1. The van der Waals surface area contributed by atoms with Gasteiger partial charge in [0.25, 0.3) is 0 Å². The van der Waals surface area contributed by atoms with Crippen molar-refractivity contribution in [1.29, 1.82) is 0 Å². The monoisotopic (exact) mass is 565 g/mol. The molecular weight excluding hydrogens is 547 g/mol. The van der Waals surface area contributed by atoms with Gasteiger partial charge in [0, 0.05) is 15.3 Å². The molecule has 0 fully saturated rings. The van der Waals surface area contributed by atoms with E-state index in [1.807, 2.05) is 28.7 Å². The molecule has 0 radical (unpaired) electrons. The first-order valence-electron chi connectivity index (χ1n) is 10.00. The lowest BCUT2D eigenvalue weighted by Crippen LogP contribution is -2.15. The van der Waals surface area contributed by atoms with Crippen LogP contribution in [0.4, 0.5) is 20.3 Å². The number of hydrogen-bond donors (Lipinski definition) is 1. The van der Waals surface area contributed by atoms with Gasteiger partial charge in [-0.1, -0.05) is 6.07 Å². The fourth-order valence-corrected chi connectivity index (χ4v) is 4.36. The van der Waals surface area contributed by atoms with Gasteiger partial charge in [0.05, 0.1) is 12.7 Å². The lowest BCUT2D eigenvalue weighted by molar-refractivity contribution is 0.171. The minimum atomic E-state index is -1.14. The van der Waals surface area contributed by atoms with E-state index in [2.05, 4.69) is 10.3 Å². The Morgan fingerprint density at radius 3 is 2.73 bits per heavy atom. The van der Waals surface area contributed by atoms with Crippen molar-refractivity contribution in [3.05, 3.63) is 57.9 Å². The molecule has 1 aliphatic heterocycles. The summed E-state index contributed by atoms with van der Waals surface area (Å²) >= 11 is 2.02. The highest BCUT2D eigenvalue weighted by Crippen LogP contribution is 2.41. The summed E-state index contributed by atoms with van der Waals surface area (Å²) in [6, 6.07) is 13.8. The topological polar surface area (TPSA) is 66.2 Å². The third kappa shape index (κ3) is 3.88. The normalized spacial score (nSPS) is 12.6. The number of pyridine rings is 1. The molecule has 0 unspecified atom stereocenters. The predicted molar refractivity (Wildman–Crippen MR) is 127 cm³/mol. The number of hydrogen-bond acceptors (Lipinski definition) is 6. The number of anilines is 2. The number of rotatable bonds is 6. The zero-order valence-corrected chi connectivity index (χ0v) is 19.6. The maximum Gasteiger partial charge on any atom is 0.228 e. The molecule has 4 aromatic rings. The summed E-state index contributed by atoms with van der Waals surface area (Å²) in [5.41, 5.74) is 1.73. The molecular formula is C23H18F2IN3O4. The van der Waals surface area contributed by atoms with Crippen LogP contribution in [0.1, 0.15) is 0 Å². The van der Waals surface area contributed by atoms with Gasteiger partial charge in [0.15, 0.2) is 23.1 Å². The second-order valence-electron chi connectivity index (χ2n) is 7.04. The SMILES string of the molecule is COc1cccc2nc(-c3c(I)ccc(OCF)c3F)c(Nc3ccc4c(c3)OCCO4)n12. The van der Waals surface area contributed by atoms with Crippen LogP contribution in [0, 0.1) is 9.39 Å². The maximum absolute atomic E-state index is 15.4. The molecule has 2 aromatic carbocycles. The second-order valence-corrected chi connectivity index (χ2v) is 8.20. The minimum Gasteiger partial charge on any atom is -0.486 e. The third-order valence-electron chi connectivity index (χ3n) is 5.12. The van der Waals surface area contributed by atoms with Crippen LogP contribution in [0.2, 0.25) is 0 Å². The van der Waals surface area contributed by atoms with Gasteiger partial charge in [-0.2, -0.15) is 0 Å². The van der Waals surface area contributed by atoms with Crippen LogP contribution >= 0.6 is 22.6 Å². The van der Waals surface area contributed by atoms with Crippen molar-refractivity contribution in [2.24, 2.45) is 0 Å². The van der Waals surface area contributed by atoms with Crippen LogP contribution in [-0.2, 0) is 0 Å². The lowest BCUT2D eigenvalue weighted by Gasteiger charge is -2.19. The van der Waals surface area contributed by atoms with E-state index in [0.717, 1.165) is 0 Å². The molecule has 0 aliphatic carbocycles. The zero-order valence-electron chi connectivity index (χ0n) is 17.4. The van der Waals surface area contributed by atoms with Gasteiger partial charge in [-0.05, 0) is 59.0 Å². The molecule has 1 aliphatic rings. The first kappa shape index (κ1) is 21.6. The van der Waals surface area contributed by atoms with Gasteiger partial charge >= 0.3 is 0 Å². The van der Waals surface area contributed by atoms with E-state index >= 15 is 4.39 Å². The Kier molecular flexibility index (Phi) is 5.83. The number of benzene rings is 2. The number of nitrogens with one attached hydrogen (secondary N) is 1. The van der Waals surface area contributed by atoms with Crippen LogP contribution in [0.5, 0.6) is 23.1 Å². The summed E-state index contributed by atoms with van der Waals surface area (Å²) in [4.78, 5) is 4.67. The van der Waals surface area contributed by atoms with E-state index < -0.39 is 12.7 Å². The van der Waals surface area contributed by atoms with Gasteiger partial charge in [-0.25, -0.2) is 18.2 Å². The molecule has 33 heavy (non-hydrogen) atoms. The van der Waals surface area contributed by atoms with Crippen molar-refractivity contribution in [1.82, 2.24) is 9.38 Å². The van der Waals surface area contributed by atoms with E-state index in [-0.39, 0.29) is 11.3 Å². The standard InChI is InChI=1S/C23H18F2IN3O4/c1-30-19-4-2-3-18-28-22(20-14(26)6-8-16(21(20)25)33-12-24)23(29(18)19)27-13-5-7-15-17(11-13)32-10-9-31-15/h2-8,11,27H,9-10,12H2,1H3. The van der Waals surface area contributed by atoms with Crippen molar-refractivity contribution >= 4 is 39.7 Å². The lowest BCUT2D eigenvalue weighted by atomic mass is 10.1. The number of ether oxygens (including phenoxy) is 4. The number of halogens is 3. The van der Waals surface area contributed by atoms with Crippen LogP contribution < -0.4 is 24.3 Å². The van der Waals surface area contributed by atoms with Crippen LogP contribution in [0.3, 0.4) is 0 Å². The Morgan fingerprint density at radius 1 is 1.12 bits per heavy atom. The van der Waals surface area contributed by atoms with Gasteiger partial charge in [-0.3, -0.25) is 0 Å². The van der Waals surface area contributed by atoms with E-state index in [0.29, 0.717) is 57.0 Å². The third-order valence-corrected chi connectivity index (χ3v) is 6.02. The average molecular weight is 565 g/mol. The molecule has 0 atom stereocenters. The first-order chi connectivity index (χ1) is 16.1. The Balaban J connectivity index is 1.71. The average Bonchev–Trinajstić information content (AvgIpc) is 3.19. The molecule has 0 saturated heterocycles. The molecule has 0 saturated carbocycles. The van der Waals surface area contributed by atoms with Crippen molar-refractivity contribution in [3.8, 4) is 34.4 Å². The Labute approximate surface area is 201 Å². The molecule has 7 nitrogen and oxygen atoms in total. The summed E-state index contributed by atoms with van der Waals surface area (Å²) in [6.07, 6.45) is 0. The van der Waals surface area contributed by atoms with Crippen LogP contribution in [0.25, 0.3) is 16.9 Å². The first-order valence-corrected chi connectivity index (χ1v) is 11.1. The van der Waals surface area contributed by atoms with E-state index in [1.54, 1.807) is 47.9 Å². The fraction of sp³-hybridized carbons (Fsp3) is 0.174. The smallest absolute Gasteiger partial charge is 0.228 e. The Hall–Kier alpha value is -3.28. The largest absolute Gasteiger partial charge is 0.486 e. The molecule has 0 spiro atoms. The Bertz CT molecular complexity index is 1350. The predicted octanol–water partition coefficient (Wildman–Crippen LogP) is 5.57. The van der Waals surface area contributed by atoms with Crippen molar-refractivity contribution in [2.75, 3.05) is 32.5 Å². The number of methoxy groups -OCH3 is 1. The van der Waals surface area contributed by atoms with Crippen LogP contribution in [-0.4, -0.2) is 36.6 Å². The molecule has 1 N–H and O–H groups in total. The van der Waals surface area contributed by atoms with Gasteiger partial charge in [0.1, 0.15) is 30.4 Å². The molecule has 0 bridgehead atoms. The molecule has 0 amide bonds. The number of imidazole rings is 1. The highest BCUT2D eigenvalue weighted by Gasteiger charge is 2.24. The van der Waals surface area contributed by atoms with Gasteiger partial charge in [-0.15, -0.1) is 0 Å². The number of nitrogens with zero attached hydrogens (tertiary/aromatic N) is 2. The molecule has 10 heteroatoms. The van der Waals surface area contributed by atoms with Gasteiger partial charge < -0.3 is 24.3 Å². The summed E-state index contributed by atoms with van der Waals surface area (Å²) in [7, 11) is 1.54. The summed E-state index contributed by atoms with van der Waals surface area (Å²) < 4.78 is 52.2. The molecule has 5 rings (SSSR count). The molecule has 2 aromatic heterocycles. The maximum atomic E-state index is 15.4. The highest BCUT2D eigenvalue weighted by molar-refractivity contribution is 14.1. The Morgan fingerprint density at radius 2 is 1.94 bits per heavy atom. The minimum absolute atomic E-state index is 0.187. The number of fused-ring (bicyclic) bond motifs is 2. The van der Waals surface area contributed by atoms with E-state index in [1.165, 1.54) is 6.07 Å². The molecule has 170 valence electrons. The van der Waals surface area contributed by atoms with E-state index in [9.17, 15) is 4.39 Å². The summed E-state index contributed by atoms with van der Waals surface area (Å²) in [5, 5.41) is 3.32. The van der Waals surface area contributed by atoms with Crippen LogP contribution in [0.15, 0.2) is 48.5 Å². The van der Waals surface area contributed by atoms with Gasteiger partial charge in [0.2, 0.25) is 12.7 Å². The van der Waals surface area contributed by atoms with Crippen molar-refractivity contribution in [3.63, 3.8) is 0 Å². The second kappa shape index (κ2) is 8.93. The number of aromatic nitrogens is 2. The van der Waals surface area contributed by atoms with E-state index in [4.69, 9.17) is 18.9 Å². The van der Waals surface area contributed by atoms with Crippen molar-refractivity contribution in [2.45, 2.75) is 0 Å². The summed E-state index contributed by atoms with van der Waals surface area (Å²) in [6.45, 7) is -0.197. The molecule has 3 heterocycles. The summed E-state index contributed by atoms with van der Waals surface area (Å²) in [5.74, 6) is 1.33. The highest BCUT2D eigenvalue weighted by atomic mass is 127. The van der Waals surface area contributed by atoms with Crippen molar-refractivity contribution < 1.29 is 27.7 Å².